The van der Waals surface area contributed by atoms with Crippen LogP contribution in [0.4, 0.5) is 5.69 Å². The largest absolute Gasteiger partial charge is 0.299 e. The summed E-state index contributed by atoms with van der Waals surface area (Å²) in [6.45, 7) is 0. The number of benzene rings is 1. The molecule has 1 N–H and O–H groups in total. The van der Waals surface area contributed by atoms with Gasteiger partial charge in [-0.3, -0.25) is 10.2 Å². The summed E-state index contributed by atoms with van der Waals surface area (Å²) in [5.41, 5.74) is 4.59. The molecular formula is C12H13ClN2O. The first-order chi connectivity index (χ1) is 7.75. The Balaban J connectivity index is 2.03. The van der Waals surface area contributed by atoms with E-state index in [4.69, 9.17) is 11.6 Å². The van der Waals surface area contributed by atoms with Crippen molar-refractivity contribution in [3.8, 4) is 0 Å². The fraction of sp³-hybridized carbons (Fsp3) is 0.333. The number of carbonyl (C=O) groups is 1. The lowest BCUT2D eigenvalue weighted by Gasteiger charge is -2.12. The monoisotopic (exact) mass is 236 g/mol. The summed E-state index contributed by atoms with van der Waals surface area (Å²) < 4.78 is 0. The fourth-order valence-corrected chi connectivity index (χ4v) is 1.86. The van der Waals surface area contributed by atoms with Crippen LogP contribution in [0.15, 0.2) is 29.4 Å². The molecule has 0 saturated heterocycles. The first-order valence-corrected chi connectivity index (χ1v) is 5.71. The van der Waals surface area contributed by atoms with Gasteiger partial charge in [0, 0.05) is 18.6 Å². The van der Waals surface area contributed by atoms with E-state index in [-0.39, 0.29) is 5.78 Å². The average Bonchev–Trinajstić information content (AvgIpc) is 2.28. The number of Topliss-reactive ketones (excluding diaryl/α,β-unsaturated/α-hetero) is 1. The standard InChI is InChI=1S/C12H13ClN2O/c13-11-6-1-2-7-12(11)15-14-9-4-3-5-10(16)8-9/h1-2,6-7,15H,3-5,8H2. The van der Waals surface area contributed by atoms with Crippen molar-refractivity contribution in [1.29, 1.82) is 0 Å². The predicted octanol–water partition coefficient (Wildman–Crippen LogP) is 3.25. The first-order valence-electron chi connectivity index (χ1n) is 5.33. The number of nitrogens with zero attached hydrogens (tertiary/aromatic N) is 1. The molecule has 0 atom stereocenters. The van der Waals surface area contributed by atoms with Gasteiger partial charge in [0.1, 0.15) is 5.78 Å². The molecule has 84 valence electrons. The molecule has 0 aromatic heterocycles. The van der Waals surface area contributed by atoms with Gasteiger partial charge in [0.25, 0.3) is 0 Å². The molecule has 16 heavy (non-hydrogen) atoms. The van der Waals surface area contributed by atoms with Crippen LogP contribution in [0, 0.1) is 0 Å². The number of hydrogen-bond donors (Lipinski definition) is 1. The molecular weight excluding hydrogens is 224 g/mol. The van der Waals surface area contributed by atoms with E-state index in [9.17, 15) is 4.79 Å². The van der Waals surface area contributed by atoms with Crippen molar-refractivity contribution in [2.24, 2.45) is 5.10 Å². The van der Waals surface area contributed by atoms with E-state index in [1.165, 1.54) is 0 Å². The second kappa shape index (κ2) is 5.12. The zero-order valence-electron chi connectivity index (χ0n) is 8.87. The molecule has 0 radical (unpaired) electrons. The van der Waals surface area contributed by atoms with Gasteiger partial charge < -0.3 is 0 Å². The zero-order chi connectivity index (χ0) is 11.4. The van der Waals surface area contributed by atoms with Crippen LogP contribution in [0.1, 0.15) is 25.7 Å². The molecule has 1 fully saturated rings. The number of halogens is 1. The zero-order valence-corrected chi connectivity index (χ0v) is 9.63. The molecule has 1 aromatic carbocycles. The van der Waals surface area contributed by atoms with Crippen LogP contribution in [-0.2, 0) is 4.79 Å². The highest BCUT2D eigenvalue weighted by atomic mass is 35.5. The van der Waals surface area contributed by atoms with E-state index in [0.717, 1.165) is 24.2 Å². The fourth-order valence-electron chi connectivity index (χ4n) is 1.68. The van der Waals surface area contributed by atoms with Crippen molar-refractivity contribution >= 4 is 28.8 Å². The summed E-state index contributed by atoms with van der Waals surface area (Å²) in [5, 5.41) is 4.86. The summed E-state index contributed by atoms with van der Waals surface area (Å²) in [6, 6.07) is 7.42. The van der Waals surface area contributed by atoms with Crippen LogP contribution in [0.25, 0.3) is 0 Å². The lowest BCUT2D eigenvalue weighted by Crippen LogP contribution is -2.15. The molecule has 1 aliphatic carbocycles. The highest BCUT2D eigenvalue weighted by Crippen LogP contribution is 2.21. The second-order valence-corrected chi connectivity index (χ2v) is 4.25. The summed E-state index contributed by atoms with van der Waals surface area (Å²) in [5.74, 6) is 0.269. The number of ketones is 1. The van der Waals surface area contributed by atoms with Crippen molar-refractivity contribution in [3.63, 3.8) is 0 Å². The third-order valence-corrected chi connectivity index (χ3v) is 2.86. The number of hydrogen-bond acceptors (Lipinski definition) is 3. The summed E-state index contributed by atoms with van der Waals surface area (Å²) >= 11 is 5.97. The Hall–Kier alpha value is -1.35. The first kappa shape index (κ1) is 11.1. The molecule has 1 aromatic rings. The van der Waals surface area contributed by atoms with Gasteiger partial charge in [-0.15, -0.1) is 0 Å². The second-order valence-electron chi connectivity index (χ2n) is 3.84. The minimum atomic E-state index is 0.269. The van der Waals surface area contributed by atoms with Gasteiger partial charge in [0.05, 0.1) is 10.7 Å². The summed E-state index contributed by atoms with van der Waals surface area (Å²) in [4.78, 5) is 11.2. The third kappa shape index (κ3) is 2.83. The minimum Gasteiger partial charge on any atom is -0.299 e. The molecule has 0 heterocycles. The van der Waals surface area contributed by atoms with Gasteiger partial charge in [-0.25, -0.2) is 0 Å². The van der Waals surface area contributed by atoms with Crippen LogP contribution in [0.2, 0.25) is 5.02 Å². The van der Waals surface area contributed by atoms with Crippen LogP contribution in [-0.4, -0.2) is 11.5 Å². The SMILES string of the molecule is O=C1CCCC(=NNc2ccccc2Cl)C1. The van der Waals surface area contributed by atoms with Gasteiger partial charge in [-0.1, -0.05) is 23.7 Å². The number of para-hydroxylation sites is 1. The Morgan fingerprint density at radius 2 is 2.06 bits per heavy atom. The average molecular weight is 237 g/mol. The predicted molar refractivity (Wildman–Crippen MR) is 66.0 cm³/mol. The Morgan fingerprint density at radius 1 is 1.25 bits per heavy atom. The molecule has 0 spiro atoms. The number of carbonyl (C=O) groups excluding carboxylic acids is 1. The summed E-state index contributed by atoms with van der Waals surface area (Å²) in [7, 11) is 0. The van der Waals surface area contributed by atoms with Gasteiger partial charge in [0.15, 0.2) is 0 Å². The quantitative estimate of drug-likeness (QED) is 0.801. The maximum Gasteiger partial charge on any atom is 0.138 e. The van der Waals surface area contributed by atoms with Gasteiger partial charge in [-0.05, 0) is 25.0 Å². The molecule has 0 amide bonds. The Kier molecular flexibility index (Phi) is 3.57. The highest BCUT2D eigenvalue weighted by molar-refractivity contribution is 6.33. The van der Waals surface area contributed by atoms with E-state index in [0.29, 0.717) is 17.9 Å². The van der Waals surface area contributed by atoms with Crippen molar-refractivity contribution in [2.45, 2.75) is 25.7 Å². The van der Waals surface area contributed by atoms with Crippen LogP contribution >= 0.6 is 11.6 Å². The third-order valence-electron chi connectivity index (χ3n) is 2.53. The Labute approximate surface area is 99.5 Å². The lowest BCUT2D eigenvalue weighted by molar-refractivity contribution is -0.118. The number of nitrogens with one attached hydrogen (secondary N) is 1. The van der Waals surface area contributed by atoms with Crippen molar-refractivity contribution in [2.75, 3.05) is 5.43 Å². The maximum absolute atomic E-state index is 11.2. The molecule has 1 saturated carbocycles. The van der Waals surface area contributed by atoms with Gasteiger partial charge >= 0.3 is 0 Å². The molecule has 3 nitrogen and oxygen atoms in total. The molecule has 0 aliphatic heterocycles. The topological polar surface area (TPSA) is 41.5 Å². The molecule has 0 unspecified atom stereocenters. The normalized spacial score (nSPS) is 18.8. The van der Waals surface area contributed by atoms with Crippen LogP contribution < -0.4 is 5.43 Å². The van der Waals surface area contributed by atoms with Crippen LogP contribution in [0.5, 0.6) is 0 Å². The van der Waals surface area contributed by atoms with Gasteiger partial charge in [-0.2, -0.15) is 5.10 Å². The molecule has 4 heteroatoms. The van der Waals surface area contributed by atoms with E-state index < -0.39 is 0 Å². The van der Waals surface area contributed by atoms with E-state index >= 15 is 0 Å². The van der Waals surface area contributed by atoms with E-state index in [2.05, 4.69) is 10.5 Å². The minimum absolute atomic E-state index is 0.269. The maximum atomic E-state index is 11.2. The van der Waals surface area contributed by atoms with Gasteiger partial charge in [0.2, 0.25) is 0 Å². The van der Waals surface area contributed by atoms with Crippen LogP contribution in [0.3, 0.4) is 0 Å². The Bertz CT molecular complexity index is 429. The number of rotatable bonds is 2. The van der Waals surface area contributed by atoms with Crippen molar-refractivity contribution in [3.05, 3.63) is 29.3 Å². The molecule has 2 rings (SSSR count). The lowest BCUT2D eigenvalue weighted by atomic mass is 9.97. The van der Waals surface area contributed by atoms with E-state index in [1.54, 1.807) is 6.07 Å². The Morgan fingerprint density at radius 3 is 2.81 bits per heavy atom. The van der Waals surface area contributed by atoms with Crippen molar-refractivity contribution < 1.29 is 4.79 Å². The smallest absolute Gasteiger partial charge is 0.138 e. The van der Waals surface area contributed by atoms with Crippen molar-refractivity contribution in [1.82, 2.24) is 0 Å². The molecule has 0 bridgehead atoms. The van der Waals surface area contributed by atoms with E-state index in [1.807, 2.05) is 18.2 Å². The number of hydrazone groups is 1. The molecule has 1 aliphatic rings. The summed E-state index contributed by atoms with van der Waals surface area (Å²) in [6.07, 6.45) is 2.95. The highest BCUT2D eigenvalue weighted by Gasteiger charge is 2.14. The number of anilines is 1.